The van der Waals surface area contributed by atoms with E-state index in [0.717, 1.165) is 5.69 Å². The summed E-state index contributed by atoms with van der Waals surface area (Å²) in [5.74, 6) is -0.0615. The molecule has 4 rings (SSSR count). The van der Waals surface area contributed by atoms with Crippen molar-refractivity contribution in [3.05, 3.63) is 76.6 Å². The summed E-state index contributed by atoms with van der Waals surface area (Å²) < 4.78 is 5.65. The van der Waals surface area contributed by atoms with Crippen LogP contribution in [-0.4, -0.2) is 11.9 Å². The highest BCUT2D eigenvalue weighted by molar-refractivity contribution is 5.81. The maximum Gasteiger partial charge on any atom is 0.198 e. The maximum atomic E-state index is 12.9. The average Bonchev–Trinajstić information content (AvgIpc) is 3.08. The zero-order valence-electron chi connectivity index (χ0n) is 13.7. The minimum atomic E-state index is -0.573. The van der Waals surface area contributed by atoms with E-state index >= 15 is 0 Å². The number of carbonyl (C=O) groups is 1. The highest BCUT2D eigenvalue weighted by Crippen LogP contribution is 2.37. The van der Waals surface area contributed by atoms with Gasteiger partial charge in [-0.05, 0) is 31.2 Å². The Morgan fingerprint density at radius 3 is 2.56 bits per heavy atom. The first-order valence-corrected chi connectivity index (χ1v) is 8.17. The first-order chi connectivity index (χ1) is 12.1. The Kier molecular flexibility index (Phi) is 3.86. The minimum absolute atomic E-state index is 0.0615. The Balaban J connectivity index is 1.82. The van der Waals surface area contributed by atoms with Crippen molar-refractivity contribution in [3.63, 3.8) is 0 Å². The Morgan fingerprint density at radius 2 is 1.80 bits per heavy atom. The number of hydroxylamine groups is 1. The molecular weight excluding hydrogens is 318 g/mol. The summed E-state index contributed by atoms with van der Waals surface area (Å²) in [5, 5.41) is 2.17. The number of hydrogen-bond acceptors (Lipinski definition) is 5. The number of ketones is 1. The first kappa shape index (κ1) is 15.6. The number of hydrogen-bond donors (Lipinski definition) is 0. The average molecular weight is 335 g/mol. The molecule has 0 N–H and O–H groups in total. The molecule has 1 aromatic heterocycles. The number of fused-ring (bicyclic) bond motifs is 1. The summed E-state index contributed by atoms with van der Waals surface area (Å²) >= 11 is 0. The van der Waals surface area contributed by atoms with Gasteiger partial charge in [-0.3, -0.25) is 14.4 Å². The lowest BCUT2D eigenvalue weighted by Gasteiger charge is -2.24. The van der Waals surface area contributed by atoms with E-state index in [4.69, 9.17) is 9.25 Å². The van der Waals surface area contributed by atoms with Crippen LogP contribution in [0.3, 0.4) is 0 Å². The smallest absolute Gasteiger partial charge is 0.198 e. The van der Waals surface area contributed by atoms with Gasteiger partial charge in [0.15, 0.2) is 11.2 Å². The van der Waals surface area contributed by atoms with Gasteiger partial charge in [-0.25, -0.2) is 5.06 Å². The van der Waals surface area contributed by atoms with Gasteiger partial charge < -0.3 is 4.42 Å². The van der Waals surface area contributed by atoms with Crippen LogP contribution in [0.5, 0.6) is 0 Å². The third kappa shape index (κ3) is 2.72. The Labute approximate surface area is 144 Å². The van der Waals surface area contributed by atoms with Crippen molar-refractivity contribution in [1.29, 1.82) is 0 Å². The fraction of sp³-hybridized carbons (Fsp3) is 0.200. The van der Waals surface area contributed by atoms with Gasteiger partial charge in [0.05, 0.1) is 22.7 Å². The van der Waals surface area contributed by atoms with Crippen LogP contribution in [0.1, 0.15) is 24.9 Å². The largest absolute Gasteiger partial charge is 0.464 e. The molecule has 2 aromatic carbocycles. The van der Waals surface area contributed by atoms with E-state index in [1.165, 1.54) is 13.2 Å². The van der Waals surface area contributed by atoms with Gasteiger partial charge in [-0.2, -0.15) is 0 Å². The molecule has 3 aromatic rings. The zero-order valence-corrected chi connectivity index (χ0v) is 13.7. The summed E-state index contributed by atoms with van der Waals surface area (Å²) in [6.45, 7) is 1.50. The molecule has 0 radical (unpaired) electrons. The quantitative estimate of drug-likeness (QED) is 0.731. The van der Waals surface area contributed by atoms with Crippen LogP contribution < -0.4 is 10.5 Å². The van der Waals surface area contributed by atoms with Crippen molar-refractivity contribution in [2.45, 2.75) is 25.5 Å². The fourth-order valence-electron chi connectivity index (χ4n) is 3.18. The SMILES string of the molecule is CC(=O)[C@@H]1C[C@@H](c2coc3ccccc3c2=O)N(c2ccccc2)O1. The molecule has 0 spiro atoms. The predicted octanol–water partition coefficient (Wildman–Crippen LogP) is 3.63. The van der Waals surface area contributed by atoms with Crippen LogP contribution in [-0.2, 0) is 9.63 Å². The van der Waals surface area contributed by atoms with Crippen molar-refractivity contribution in [3.8, 4) is 0 Å². The molecule has 1 aliphatic rings. The fourth-order valence-corrected chi connectivity index (χ4v) is 3.18. The van der Waals surface area contributed by atoms with Crippen molar-refractivity contribution in [2.24, 2.45) is 0 Å². The van der Waals surface area contributed by atoms with Crippen LogP contribution >= 0.6 is 0 Å². The van der Waals surface area contributed by atoms with Crippen molar-refractivity contribution in [2.75, 3.05) is 5.06 Å². The van der Waals surface area contributed by atoms with E-state index in [9.17, 15) is 9.59 Å². The van der Waals surface area contributed by atoms with E-state index in [1.54, 1.807) is 17.2 Å². The monoisotopic (exact) mass is 335 g/mol. The van der Waals surface area contributed by atoms with Gasteiger partial charge in [0.1, 0.15) is 18.0 Å². The summed E-state index contributed by atoms with van der Waals surface area (Å²) in [6.07, 6.45) is 1.32. The van der Waals surface area contributed by atoms with E-state index in [-0.39, 0.29) is 17.3 Å². The second-order valence-corrected chi connectivity index (χ2v) is 6.13. The van der Waals surface area contributed by atoms with Crippen LogP contribution in [0.15, 0.2) is 70.1 Å². The van der Waals surface area contributed by atoms with Crippen molar-refractivity contribution >= 4 is 22.4 Å². The van der Waals surface area contributed by atoms with E-state index in [0.29, 0.717) is 23.0 Å². The van der Waals surface area contributed by atoms with Crippen LogP contribution in [0.2, 0.25) is 0 Å². The number of Topliss-reactive ketones (excluding diaryl/α,β-unsaturated/α-hetero) is 1. The molecular formula is C20H17NO4. The van der Waals surface area contributed by atoms with Crippen molar-refractivity contribution < 1.29 is 14.0 Å². The first-order valence-electron chi connectivity index (χ1n) is 8.17. The summed E-state index contributed by atoms with van der Waals surface area (Å²) in [5.41, 5.74) is 1.74. The second-order valence-electron chi connectivity index (χ2n) is 6.13. The van der Waals surface area contributed by atoms with E-state index in [2.05, 4.69) is 0 Å². The molecule has 126 valence electrons. The van der Waals surface area contributed by atoms with Crippen LogP contribution in [0.25, 0.3) is 11.0 Å². The topological polar surface area (TPSA) is 59.8 Å². The lowest BCUT2D eigenvalue weighted by atomic mass is 10.00. The molecule has 1 aliphatic heterocycles. The van der Waals surface area contributed by atoms with Crippen LogP contribution in [0.4, 0.5) is 5.69 Å². The normalized spacial score (nSPS) is 20.1. The molecule has 2 atom stereocenters. The molecule has 25 heavy (non-hydrogen) atoms. The predicted molar refractivity (Wildman–Crippen MR) is 94.3 cm³/mol. The van der Waals surface area contributed by atoms with Crippen molar-refractivity contribution in [1.82, 2.24) is 0 Å². The minimum Gasteiger partial charge on any atom is -0.464 e. The molecule has 0 amide bonds. The second kappa shape index (κ2) is 6.18. The van der Waals surface area contributed by atoms with Crippen LogP contribution in [0, 0.1) is 0 Å². The Morgan fingerprint density at radius 1 is 1.08 bits per heavy atom. The molecule has 1 fully saturated rings. The van der Waals surface area contributed by atoms with E-state index in [1.807, 2.05) is 42.5 Å². The number of para-hydroxylation sites is 2. The van der Waals surface area contributed by atoms with Gasteiger partial charge in [0, 0.05) is 6.42 Å². The lowest BCUT2D eigenvalue weighted by molar-refractivity contribution is -0.126. The third-order valence-corrected chi connectivity index (χ3v) is 4.49. The highest BCUT2D eigenvalue weighted by atomic mass is 16.7. The molecule has 0 saturated carbocycles. The molecule has 5 nitrogen and oxygen atoms in total. The molecule has 0 aliphatic carbocycles. The number of benzene rings is 2. The molecule has 1 saturated heterocycles. The van der Waals surface area contributed by atoms with Gasteiger partial charge >= 0.3 is 0 Å². The Hall–Kier alpha value is -2.92. The number of rotatable bonds is 3. The number of anilines is 1. The summed E-state index contributed by atoms with van der Waals surface area (Å²) in [7, 11) is 0. The Bertz CT molecular complexity index is 980. The lowest BCUT2D eigenvalue weighted by Crippen LogP contribution is -2.26. The molecule has 0 bridgehead atoms. The number of carbonyl (C=O) groups excluding carboxylic acids is 1. The van der Waals surface area contributed by atoms with Gasteiger partial charge in [-0.1, -0.05) is 30.3 Å². The molecule has 0 unspecified atom stereocenters. The highest BCUT2D eigenvalue weighted by Gasteiger charge is 2.39. The van der Waals surface area contributed by atoms with Gasteiger partial charge in [-0.15, -0.1) is 0 Å². The number of nitrogens with zero attached hydrogens (tertiary/aromatic N) is 1. The summed E-state index contributed by atoms with van der Waals surface area (Å²) in [6, 6.07) is 16.2. The summed E-state index contributed by atoms with van der Waals surface area (Å²) in [4.78, 5) is 30.6. The zero-order chi connectivity index (χ0) is 17.4. The van der Waals surface area contributed by atoms with Gasteiger partial charge in [0.25, 0.3) is 0 Å². The van der Waals surface area contributed by atoms with Gasteiger partial charge in [0.2, 0.25) is 0 Å². The standard InChI is InChI=1S/C20H17NO4/c1-13(22)19-11-17(21(25-19)14-7-3-2-4-8-14)16-12-24-18-10-6-5-9-15(18)20(16)23/h2-10,12,17,19H,11H2,1H3/t17-,19-/m0/s1. The molecule has 5 heteroatoms. The molecule has 2 heterocycles. The maximum absolute atomic E-state index is 12.9. The third-order valence-electron chi connectivity index (χ3n) is 4.49. The van der Waals surface area contributed by atoms with E-state index < -0.39 is 6.10 Å².